The summed E-state index contributed by atoms with van der Waals surface area (Å²) in [6.07, 6.45) is 4.71. The molecule has 3 rings (SSSR count). The van der Waals surface area contributed by atoms with Crippen molar-refractivity contribution in [2.45, 2.75) is 33.2 Å². The smallest absolute Gasteiger partial charge is 0.0205 e. The SMILES string of the molecule is CC(C)[C@H](CNCc1ccccc1)CC1=CCc2ccccc21. The van der Waals surface area contributed by atoms with Crippen LogP contribution in [0, 0.1) is 11.8 Å². The third-order valence-electron chi connectivity index (χ3n) is 4.94. The van der Waals surface area contributed by atoms with Crippen molar-refractivity contribution in [1.82, 2.24) is 5.32 Å². The predicted molar refractivity (Wildman–Crippen MR) is 99.2 cm³/mol. The van der Waals surface area contributed by atoms with Gasteiger partial charge < -0.3 is 5.32 Å². The number of rotatable bonds is 7. The van der Waals surface area contributed by atoms with E-state index in [1.807, 2.05) is 0 Å². The molecule has 0 amide bonds. The lowest BCUT2D eigenvalue weighted by atomic mass is 9.87. The fraction of sp³-hybridized carbons (Fsp3) is 0.364. The average molecular weight is 305 g/mol. The molecule has 0 heterocycles. The van der Waals surface area contributed by atoms with Gasteiger partial charge in [0.15, 0.2) is 0 Å². The predicted octanol–water partition coefficient (Wildman–Crippen LogP) is 5.08. The lowest BCUT2D eigenvalue weighted by Gasteiger charge is -2.22. The maximum atomic E-state index is 3.65. The van der Waals surface area contributed by atoms with Crippen LogP contribution in [0.4, 0.5) is 0 Å². The molecular weight excluding hydrogens is 278 g/mol. The molecule has 0 bridgehead atoms. The molecule has 1 nitrogen and oxygen atoms in total. The number of benzene rings is 2. The molecule has 23 heavy (non-hydrogen) atoms. The molecular formula is C22H27N. The molecule has 0 aromatic heterocycles. The summed E-state index contributed by atoms with van der Waals surface area (Å²) in [6, 6.07) is 19.5. The third-order valence-corrected chi connectivity index (χ3v) is 4.94. The van der Waals surface area contributed by atoms with Crippen molar-refractivity contribution in [3.63, 3.8) is 0 Å². The van der Waals surface area contributed by atoms with Gasteiger partial charge in [0, 0.05) is 6.54 Å². The fourth-order valence-corrected chi connectivity index (χ4v) is 3.37. The normalized spacial score (nSPS) is 14.7. The maximum Gasteiger partial charge on any atom is 0.0205 e. The highest BCUT2D eigenvalue weighted by atomic mass is 14.9. The summed E-state index contributed by atoms with van der Waals surface area (Å²) in [5.41, 5.74) is 5.87. The van der Waals surface area contributed by atoms with Gasteiger partial charge in [-0.15, -0.1) is 0 Å². The highest BCUT2D eigenvalue weighted by Crippen LogP contribution is 2.33. The molecule has 1 N–H and O–H groups in total. The van der Waals surface area contributed by atoms with E-state index in [4.69, 9.17) is 0 Å². The van der Waals surface area contributed by atoms with Gasteiger partial charge in [0.1, 0.15) is 0 Å². The molecule has 2 aromatic carbocycles. The summed E-state index contributed by atoms with van der Waals surface area (Å²) in [5.74, 6) is 1.36. The van der Waals surface area contributed by atoms with Gasteiger partial charge in [-0.1, -0.05) is 74.5 Å². The molecule has 120 valence electrons. The van der Waals surface area contributed by atoms with Crippen molar-refractivity contribution in [3.05, 3.63) is 77.4 Å². The van der Waals surface area contributed by atoms with Gasteiger partial charge in [0.05, 0.1) is 0 Å². The van der Waals surface area contributed by atoms with Gasteiger partial charge in [-0.05, 0) is 53.5 Å². The Bertz CT molecular complexity index is 655. The summed E-state index contributed by atoms with van der Waals surface area (Å²) < 4.78 is 0. The first kappa shape index (κ1) is 16.0. The van der Waals surface area contributed by atoms with Gasteiger partial charge in [-0.25, -0.2) is 0 Å². The first-order valence-electron chi connectivity index (χ1n) is 8.76. The summed E-state index contributed by atoms with van der Waals surface area (Å²) in [7, 11) is 0. The van der Waals surface area contributed by atoms with E-state index in [0.717, 1.165) is 19.5 Å². The fourth-order valence-electron chi connectivity index (χ4n) is 3.37. The molecule has 1 atom stereocenters. The standard InChI is InChI=1S/C22H27N/c1-17(2)21(16-23-15-18-8-4-3-5-9-18)14-20-13-12-19-10-6-7-11-22(19)20/h3-11,13,17,21,23H,12,14-16H2,1-2H3/t21-/m0/s1. The van der Waals surface area contributed by atoms with Crippen molar-refractivity contribution in [3.8, 4) is 0 Å². The Balaban J connectivity index is 1.58. The zero-order chi connectivity index (χ0) is 16.1. The topological polar surface area (TPSA) is 12.0 Å². The van der Waals surface area contributed by atoms with Crippen molar-refractivity contribution >= 4 is 5.57 Å². The number of allylic oxidation sites excluding steroid dienone is 2. The van der Waals surface area contributed by atoms with Gasteiger partial charge in [0.2, 0.25) is 0 Å². The molecule has 0 aliphatic heterocycles. The monoisotopic (exact) mass is 305 g/mol. The summed E-state index contributed by atoms with van der Waals surface area (Å²) in [4.78, 5) is 0. The molecule has 2 aromatic rings. The number of hydrogen-bond acceptors (Lipinski definition) is 1. The molecule has 0 radical (unpaired) electrons. The quantitative estimate of drug-likeness (QED) is 0.752. The van der Waals surface area contributed by atoms with Gasteiger partial charge in [-0.2, -0.15) is 0 Å². The minimum atomic E-state index is 0.677. The van der Waals surface area contributed by atoms with Crippen LogP contribution in [0.1, 0.15) is 37.0 Å². The van der Waals surface area contributed by atoms with Crippen LogP contribution in [0.2, 0.25) is 0 Å². The zero-order valence-electron chi connectivity index (χ0n) is 14.3. The Morgan fingerprint density at radius 3 is 2.48 bits per heavy atom. The lowest BCUT2D eigenvalue weighted by Crippen LogP contribution is -2.26. The highest BCUT2D eigenvalue weighted by Gasteiger charge is 2.20. The average Bonchev–Trinajstić information content (AvgIpc) is 2.98. The molecule has 0 fully saturated rings. The summed E-state index contributed by atoms with van der Waals surface area (Å²) in [6.45, 7) is 6.72. The van der Waals surface area contributed by atoms with Crippen LogP contribution in [0.15, 0.2) is 60.7 Å². The first-order chi connectivity index (χ1) is 11.2. The van der Waals surface area contributed by atoms with E-state index in [0.29, 0.717) is 11.8 Å². The van der Waals surface area contributed by atoms with E-state index in [-0.39, 0.29) is 0 Å². The molecule has 0 spiro atoms. The maximum absolute atomic E-state index is 3.65. The van der Waals surface area contributed by atoms with Crippen molar-refractivity contribution in [2.24, 2.45) is 11.8 Å². The van der Waals surface area contributed by atoms with Crippen molar-refractivity contribution < 1.29 is 0 Å². The van der Waals surface area contributed by atoms with Crippen molar-refractivity contribution in [2.75, 3.05) is 6.54 Å². The van der Waals surface area contributed by atoms with Gasteiger partial charge in [0.25, 0.3) is 0 Å². The van der Waals surface area contributed by atoms with E-state index in [1.54, 1.807) is 5.57 Å². The minimum absolute atomic E-state index is 0.677. The van der Waals surface area contributed by atoms with Crippen LogP contribution >= 0.6 is 0 Å². The van der Waals surface area contributed by atoms with Crippen LogP contribution < -0.4 is 5.32 Å². The van der Waals surface area contributed by atoms with Crippen LogP contribution in [-0.4, -0.2) is 6.54 Å². The van der Waals surface area contributed by atoms with Gasteiger partial charge >= 0.3 is 0 Å². The van der Waals surface area contributed by atoms with Crippen LogP contribution in [0.5, 0.6) is 0 Å². The second kappa shape index (κ2) is 7.61. The van der Waals surface area contributed by atoms with Gasteiger partial charge in [-0.3, -0.25) is 0 Å². The first-order valence-corrected chi connectivity index (χ1v) is 8.76. The molecule has 1 aliphatic carbocycles. The Kier molecular flexibility index (Phi) is 5.30. The molecule has 1 heteroatoms. The van der Waals surface area contributed by atoms with Crippen LogP contribution in [0.25, 0.3) is 5.57 Å². The van der Waals surface area contributed by atoms with E-state index < -0.39 is 0 Å². The van der Waals surface area contributed by atoms with Crippen LogP contribution in [0.3, 0.4) is 0 Å². The lowest BCUT2D eigenvalue weighted by molar-refractivity contribution is 0.369. The minimum Gasteiger partial charge on any atom is -0.312 e. The van der Waals surface area contributed by atoms with E-state index in [2.05, 4.69) is 79.8 Å². The largest absolute Gasteiger partial charge is 0.312 e. The Labute approximate surface area is 140 Å². The van der Waals surface area contributed by atoms with E-state index in [9.17, 15) is 0 Å². The summed E-state index contributed by atoms with van der Waals surface area (Å²) >= 11 is 0. The Hall–Kier alpha value is -1.86. The Morgan fingerprint density at radius 1 is 0.957 bits per heavy atom. The molecule has 0 saturated heterocycles. The highest BCUT2D eigenvalue weighted by molar-refractivity contribution is 5.73. The number of hydrogen-bond donors (Lipinski definition) is 1. The molecule has 1 aliphatic rings. The second-order valence-electron chi connectivity index (χ2n) is 6.92. The molecule has 0 unspecified atom stereocenters. The zero-order valence-corrected chi connectivity index (χ0v) is 14.3. The van der Waals surface area contributed by atoms with E-state index in [1.165, 1.54) is 23.1 Å². The van der Waals surface area contributed by atoms with Crippen molar-refractivity contribution in [1.29, 1.82) is 0 Å². The third kappa shape index (κ3) is 4.11. The summed E-state index contributed by atoms with van der Waals surface area (Å²) in [5, 5.41) is 3.65. The van der Waals surface area contributed by atoms with Crippen LogP contribution in [-0.2, 0) is 13.0 Å². The number of fused-ring (bicyclic) bond motifs is 1. The Morgan fingerprint density at radius 2 is 1.70 bits per heavy atom. The van der Waals surface area contributed by atoms with E-state index >= 15 is 0 Å². The number of nitrogens with one attached hydrogen (secondary N) is 1. The second-order valence-corrected chi connectivity index (χ2v) is 6.92. The molecule has 0 saturated carbocycles.